The molecule has 1 N–H and O–H groups in total. The number of nitrogens with zero attached hydrogens (tertiary/aromatic N) is 2. The zero-order valence-electron chi connectivity index (χ0n) is 13.3. The van der Waals surface area contributed by atoms with Crippen molar-refractivity contribution in [1.82, 2.24) is 15.3 Å². The molecular weight excluding hydrogens is 319 g/mol. The fraction of sp³-hybridized carbons (Fsp3) is 0.412. The van der Waals surface area contributed by atoms with Gasteiger partial charge in [-0.05, 0) is 30.7 Å². The maximum atomic E-state index is 12.6. The van der Waals surface area contributed by atoms with Gasteiger partial charge in [-0.3, -0.25) is 0 Å². The second-order valence-electron chi connectivity index (χ2n) is 5.70. The lowest BCUT2D eigenvalue weighted by molar-refractivity contribution is -0.137. The predicted molar refractivity (Wildman–Crippen MR) is 83.1 cm³/mol. The van der Waals surface area contributed by atoms with Gasteiger partial charge in [-0.25, -0.2) is 4.98 Å². The van der Waals surface area contributed by atoms with Crippen LogP contribution >= 0.6 is 0 Å². The summed E-state index contributed by atoms with van der Waals surface area (Å²) in [5.41, 5.74) is 2.04. The standard InChI is InChI=1S/C17H18F3N3O/c1-24-16-13-6-8-21-9-7-14(13)22-15(23-16)10-11-2-4-12(5-3-11)17(18,19)20/h2-5,21H,6-10H2,1H3. The molecule has 7 heteroatoms. The Morgan fingerprint density at radius 3 is 2.46 bits per heavy atom. The number of fused-ring (bicyclic) bond motifs is 1. The van der Waals surface area contributed by atoms with E-state index in [9.17, 15) is 13.2 Å². The van der Waals surface area contributed by atoms with Crippen molar-refractivity contribution >= 4 is 0 Å². The Kier molecular flexibility index (Phi) is 4.71. The van der Waals surface area contributed by atoms with Gasteiger partial charge in [0.2, 0.25) is 5.88 Å². The number of aromatic nitrogens is 2. The van der Waals surface area contributed by atoms with E-state index in [0.29, 0.717) is 18.1 Å². The van der Waals surface area contributed by atoms with Gasteiger partial charge in [-0.1, -0.05) is 12.1 Å². The Labute approximate surface area is 138 Å². The third-order valence-corrected chi connectivity index (χ3v) is 4.03. The minimum Gasteiger partial charge on any atom is -0.481 e. The van der Waals surface area contributed by atoms with Gasteiger partial charge >= 0.3 is 6.18 Å². The molecular formula is C17H18F3N3O. The Hall–Kier alpha value is -2.15. The highest BCUT2D eigenvalue weighted by Crippen LogP contribution is 2.29. The summed E-state index contributed by atoms with van der Waals surface area (Å²) < 4.78 is 43.3. The van der Waals surface area contributed by atoms with Gasteiger partial charge in [-0.15, -0.1) is 0 Å². The first-order chi connectivity index (χ1) is 11.5. The summed E-state index contributed by atoms with van der Waals surface area (Å²) in [6, 6.07) is 5.09. The first kappa shape index (κ1) is 16.7. The zero-order valence-corrected chi connectivity index (χ0v) is 13.3. The van der Waals surface area contributed by atoms with Crippen LogP contribution in [-0.4, -0.2) is 30.2 Å². The Balaban J connectivity index is 1.86. The van der Waals surface area contributed by atoms with Gasteiger partial charge in [0, 0.05) is 24.9 Å². The van der Waals surface area contributed by atoms with Crippen molar-refractivity contribution in [2.75, 3.05) is 20.2 Å². The number of nitrogens with one attached hydrogen (secondary N) is 1. The molecule has 2 heterocycles. The van der Waals surface area contributed by atoms with Crippen LogP contribution < -0.4 is 10.1 Å². The van der Waals surface area contributed by atoms with E-state index in [0.717, 1.165) is 54.9 Å². The summed E-state index contributed by atoms with van der Waals surface area (Å²) in [5.74, 6) is 1.12. The van der Waals surface area contributed by atoms with E-state index in [4.69, 9.17) is 4.74 Å². The van der Waals surface area contributed by atoms with Crippen molar-refractivity contribution < 1.29 is 17.9 Å². The summed E-state index contributed by atoms with van der Waals surface area (Å²) in [5, 5.41) is 3.31. The maximum Gasteiger partial charge on any atom is 0.416 e. The van der Waals surface area contributed by atoms with Crippen molar-refractivity contribution in [2.24, 2.45) is 0 Å². The van der Waals surface area contributed by atoms with Gasteiger partial charge in [0.05, 0.1) is 18.4 Å². The highest BCUT2D eigenvalue weighted by atomic mass is 19.4. The lowest BCUT2D eigenvalue weighted by Gasteiger charge is -2.12. The minimum absolute atomic E-state index is 0.370. The van der Waals surface area contributed by atoms with Crippen LogP contribution in [0.15, 0.2) is 24.3 Å². The van der Waals surface area contributed by atoms with Crippen molar-refractivity contribution in [3.05, 3.63) is 52.5 Å². The number of halogens is 3. The van der Waals surface area contributed by atoms with Gasteiger partial charge in [0.25, 0.3) is 0 Å². The Bertz CT molecular complexity index is 714. The van der Waals surface area contributed by atoms with Crippen LogP contribution in [0.25, 0.3) is 0 Å². The van der Waals surface area contributed by atoms with E-state index < -0.39 is 11.7 Å². The molecule has 24 heavy (non-hydrogen) atoms. The highest BCUT2D eigenvalue weighted by Gasteiger charge is 2.30. The molecule has 0 amide bonds. The number of rotatable bonds is 3. The molecule has 1 aromatic carbocycles. The maximum absolute atomic E-state index is 12.6. The third kappa shape index (κ3) is 3.67. The molecule has 2 aromatic rings. The lowest BCUT2D eigenvalue weighted by Crippen LogP contribution is -2.16. The molecule has 1 aromatic heterocycles. The van der Waals surface area contributed by atoms with E-state index in [1.807, 2.05) is 0 Å². The SMILES string of the molecule is COc1nc(Cc2ccc(C(F)(F)F)cc2)nc2c1CCNCC2. The molecule has 0 aliphatic carbocycles. The number of hydrogen-bond donors (Lipinski definition) is 1. The number of ether oxygens (including phenoxy) is 1. The van der Waals surface area contributed by atoms with E-state index in [-0.39, 0.29) is 0 Å². The molecule has 128 valence electrons. The van der Waals surface area contributed by atoms with Crippen molar-refractivity contribution in [3.8, 4) is 5.88 Å². The second kappa shape index (κ2) is 6.76. The molecule has 1 aliphatic rings. The molecule has 0 fully saturated rings. The summed E-state index contributed by atoms with van der Waals surface area (Å²) in [4.78, 5) is 9.02. The molecule has 0 saturated carbocycles. The first-order valence-electron chi connectivity index (χ1n) is 7.77. The predicted octanol–water partition coefficient (Wildman–Crippen LogP) is 2.78. The van der Waals surface area contributed by atoms with Crippen LogP contribution in [0.2, 0.25) is 0 Å². The molecule has 1 aliphatic heterocycles. The topological polar surface area (TPSA) is 47.0 Å². The van der Waals surface area contributed by atoms with Gasteiger partial charge in [0.1, 0.15) is 5.82 Å². The number of methoxy groups -OCH3 is 1. The zero-order chi connectivity index (χ0) is 17.2. The highest BCUT2D eigenvalue weighted by molar-refractivity contribution is 5.34. The van der Waals surface area contributed by atoms with Crippen molar-refractivity contribution in [3.63, 3.8) is 0 Å². The van der Waals surface area contributed by atoms with Crippen LogP contribution in [0.1, 0.15) is 28.2 Å². The average Bonchev–Trinajstić information content (AvgIpc) is 2.79. The third-order valence-electron chi connectivity index (χ3n) is 4.03. The molecule has 0 saturated heterocycles. The first-order valence-corrected chi connectivity index (χ1v) is 7.77. The number of benzene rings is 1. The Morgan fingerprint density at radius 1 is 1.08 bits per heavy atom. The van der Waals surface area contributed by atoms with Crippen LogP contribution in [0.3, 0.4) is 0 Å². The Morgan fingerprint density at radius 2 is 1.79 bits per heavy atom. The monoisotopic (exact) mass is 337 g/mol. The van der Waals surface area contributed by atoms with Crippen molar-refractivity contribution in [1.29, 1.82) is 0 Å². The quantitative estimate of drug-likeness (QED) is 0.936. The van der Waals surface area contributed by atoms with Crippen LogP contribution in [0.5, 0.6) is 5.88 Å². The summed E-state index contributed by atoms with van der Waals surface area (Å²) in [6.07, 6.45) is -2.36. The molecule has 4 nitrogen and oxygen atoms in total. The average molecular weight is 337 g/mol. The molecule has 0 unspecified atom stereocenters. The molecule has 0 atom stereocenters. The van der Waals surface area contributed by atoms with Gasteiger partial charge in [0.15, 0.2) is 0 Å². The second-order valence-corrected chi connectivity index (χ2v) is 5.70. The van der Waals surface area contributed by atoms with E-state index >= 15 is 0 Å². The number of alkyl halides is 3. The normalized spacial score (nSPS) is 14.8. The smallest absolute Gasteiger partial charge is 0.416 e. The number of hydrogen-bond acceptors (Lipinski definition) is 4. The van der Waals surface area contributed by atoms with Crippen LogP contribution in [0, 0.1) is 0 Å². The summed E-state index contributed by atoms with van der Waals surface area (Å²) in [6.45, 7) is 1.69. The fourth-order valence-electron chi connectivity index (χ4n) is 2.80. The minimum atomic E-state index is -4.32. The molecule has 0 spiro atoms. The molecule has 3 rings (SSSR count). The lowest BCUT2D eigenvalue weighted by atomic mass is 10.1. The van der Waals surface area contributed by atoms with Crippen LogP contribution in [-0.2, 0) is 25.4 Å². The van der Waals surface area contributed by atoms with E-state index in [2.05, 4.69) is 15.3 Å². The molecule has 0 bridgehead atoms. The van der Waals surface area contributed by atoms with E-state index in [1.54, 1.807) is 7.11 Å². The van der Waals surface area contributed by atoms with E-state index in [1.165, 1.54) is 12.1 Å². The van der Waals surface area contributed by atoms with Crippen molar-refractivity contribution in [2.45, 2.75) is 25.4 Å². The summed E-state index contributed by atoms with van der Waals surface area (Å²) in [7, 11) is 1.57. The largest absolute Gasteiger partial charge is 0.481 e. The molecule has 0 radical (unpaired) electrons. The summed E-state index contributed by atoms with van der Waals surface area (Å²) >= 11 is 0. The van der Waals surface area contributed by atoms with Gasteiger partial charge in [-0.2, -0.15) is 18.2 Å². The fourth-order valence-corrected chi connectivity index (χ4v) is 2.80. The van der Waals surface area contributed by atoms with Crippen LogP contribution in [0.4, 0.5) is 13.2 Å². The van der Waals surface area contributed by atoms with Gasteiger partial charge < -0.3 is 10.1 Å².